The van der Waals surface area contributed by atoms with Gasteiger partial charge in [-0.3, -0.25) is 4.79 Å². The van der Waals surface area contributed by atoms with Crippen molar-refractivity contribution in [2.24, 2.45) is 11.3 Å². The summed E-state index contributed by atoms with van der Waals surface area (Å²) in [6, 6.07) is 0. The molecule has 1 amide bonds. The summed E-state index contributed by atoms with van der Waals surface area (Å²) in [5.41, 5.74) is 1.22. The van der Waals surface area contributed by atoms with Gasteiger partial charge in [0.25, 0.3) is 0 Å². The summed E-state index contributed by atoms with van der Waals surface area (Å²) >= 11 is 0. The minimum Gasteiger partial charge on any atom is -0.355 e. The third-order valence-electron chi connectivity index (χ3n) is 2.55. The zero-order valence-electron chi connectivity index (χ0n) is 8.98. The van der Waals surface area contributed by atoms with Crippen molar-refractivity contribution in [2.75, 3.05) is 7.05 Å². The maximum absolute atomic E-state index is 11.4. The van der Waals surface area contributed by atoms with Crippen LogP contribution in [0.5, 0.6) is 0 Å². The monoisotopic (exact) mass is 181 g/mol. The van der Waals surface area contributed by atoms with E-state index in [9.17, 15) is 4.79 Å². The van der Waals surface area contributed by atoms with Crippen LogP contribution in [0.4, 0.5) is 0 Å². The molecule has 0 fully saturated rings. The molecular formula is C11H19NO. The third-order valence-corrected chi connectivity index (χ3v) is 2.55. The van der Waals surface area contributed by atoms with Gasteiger partial charge in [0.05, 0.1) is 0 Å². The number of hydrogen-bond donors (Lipinski definition) is 1. The molecule has 0 aromatic heterocycles. The third kappa shape index (κ3) is 2.58. The van der Waals surface area contributed by atoms with Gasteiger partial charge in [-0.15, -0.1) is 0 Å². The van der Waals surface area contributed by atoms with Crippen molar-refractivity contribution in [1.82, 2.24) is 5.32 Å². The van der Waals surface area contributed by atoms with Crippen LogP contribution >= 0.6 is 0 Å². The second kappa shape index (κ2) is 3.52. The van der Waals surface area contributed by atoms with E-state index in [1.807, 2.05) is 0 Å². The summed E-state index contributed by atoms with van der Waals surface area (Å²) in [6.45, 7) is 6.61. The molecule has 0 saturated heterocycles. The van der Waals surface area contributed by atoms with Gasteiger partial charge >= 0.3 is 0 Å². The average Bonchev–Trinajstić information content (AvgIpc) is 1.99. The first-order chi connectivity index (χ1) is 5.94. The normalized spacial score (nSPS) is 26.5. The van der Waals surface area contributed by atoms with Crippen molar-refractivity contribution in [3.63, 3.8) is 0 Å². The van der Waals surface area contributed by atoms with Crippen LogP contribution in [0.15, 0.2) is 11.6 Å². The minimum absolute atomic E-state index is 0.0830. The van der Waals surface area contributed by atoms with E-state index in [-0.39, 0.29) is 11.3 Å². The fraction of sp³-hybridized carbons (Fsp3) is 0.727. The molecule has 0 bridgehead atoms. The Bertz CT molecular complexity index is 240. The van der Waals surface area contributed by atoms with Gasteiger partial charge in [0, 0.05) is 12.6 Å². The van der Waals surface area contributed by atoms with Crippen molar-refractivity contribution in [3.05, 3.63) is 11.6 Å². The average molecular weight is 181 g/mol. The van der Waals surface area contributed by atoms with E-state index in [4.69, 9.17) is 0 Å². The van der Waals surface area contributed by atoms with E-state index in [0.29, 0.717) is 5.92 Å². The molecule has 0 saturated carbocycles. The smallest absolute Gasteiger partial charge is 0.246 e. The van der Waals surface area contributed by atoms with Gasteiger partial charge in [0.1, 0.15) is 0 Å². The first-order valence-electron chi connectivity index (χ1n) is 4.87. The Labute approximate surface area is 80.4 Å². The second-order valence-electron chi connectivity index (χ2n) is 4.79. The van der Waals surface area contributed by atoms with Crippen LogP contribution in [0.25, 0.3) is 0 Å². The topological polar surface area (TPSA) is 29.1 Å². The zero-order valence-corrected chi connectivity index (χ0v) is 8.98. The summed E-state index contributed by atoms with van der Waals surface area (Å²) < 4.78 is 0. The Morgan fingerprint density at radius 1 is 1.62 bits per heavy atom. The first-order valence-corrected chi connectivity index (χ1v) is 4.87. The van der Waals surface area contributed by atoms with Crippen molar-refractivity contribution < 1.29 is 4.79 Å². The Morgan fingerprint density at radius 3 is 2.69 bits per heavy atom. The fourth-order valence-corrected chi connectivity index (χ4v) is 2.24. The number of rotatable bonds is 1. The quantitative estimate of drug-likeness (QED) is 0.659. The standard InChI is InChI=1S/C11H19NO/c1-8-5-9(10(13)12-4)7-11(2,3)6-8/h5,8H,6-7H2,1-4H3,(H,12,13). The molecule has 2 heteroatoms. The first kappa shape index (κ1) is 10.3. The molecule has 1 N–H and O–H groups in total. The van der Waals surface area contributed by atoms with Gasteiger partial charge in [-0.05, 0) is 24.2 Å². The number of nitrogens with one attached hydrogen (secondary N) is 1. The maximum Gasteiger partial charge on any atom is 0.246 e. The lowest BCUT2D eigenvalue weighted by atomic mass is 9.73. The number of amides is 1. The lowest BCUT2D eigenvalue weighted by Crippen LogP contribution is -2.28. The highest BCUT2D eigenvalue weighted by atomic mass is 16.1. The molecule has 1 aliphatic rings. The van der Waals surface area contributed by atoms with Crippen LogP contribution in [0, 0.1) is 11.3 Å². The summed E-state index contributed by atoms with van der Waals surface area (Å²) in [5, 5.41) is 2.69. The van der Waals surface area contributed by atoms with Crippen LogP contribution < -0.4 is 5.32 Å². The summed E-state index contributed by atoms with van der Waals surface area (Å²) in [4.78, 5) is 11.4. The van der Waals surface area contributed by atoms with Gasteiger partial charge in [-0.1, -0.05) is 26.8 Å². The van der Waals surface area contributed by atoms with E-state index < -0.39 is 0 Å². The number of likely N-dealkylation sites (N-methyl/N-ethyl adjacent to an activating group) is 1. The lowest BCUT2D eigenvalue weighted by Gasteiger charge is -2.32. The molecule has 13 heavy (non-hydrogen) atoms. The Balaban J connectivity index is 2.81. The number of carbonyl (C=O) groups is 1. The predicted molar refractivity (Wildman–Crippen MR) is 54.3 cm³/mol. The Morgan fingerprint density at radius 2 is 2.23 bits per heavy atom. The highest BCUT2D eigenvalue weighted by molar-refractivity contribution is 5.93. The maximum atomic E-state index is 11.4. The van der Waals surface area contributed by atoms with Crippen LogP contribution in [0.1, 0.15) is 33.6 Å². The van der Waals surface area contributed by atoms with Gasteiger partial charge in [-0.25, -0.2) is 0 Å². The van der Waals surface area contributed by atoms with Crippen LogP contribution in [0.3, 0.4) is 0 Å². The van der Waals surface area contributed by atoms with E-state index >= 15 is 0 Å². The molecule has 0 heterocycles. The predicted octanol–water partition coefficient (Wildman–Crippen LogP) is 2.11. The molecule has 0 spiro atoms. The van der Waals surface area contributed by atoms with Gasteiger partial charge in [-0.2, -0.15) is 0 Å². The van der Waals surface area contributed by atoms with Gasteiger partial charge in [0.2, 0.25) is 5.91 Å². The van der Waals surface area contributed by atoms with E-state index in [2.05, 4.69) is 32.2 Å². The number of allylic oxidation sites excluding steroid dienone is 1. The fourth-order valence-electron chi connectivity index (χ4n) is 2.24. The number of hydrogen-bond acceptors (Lipinski definition) is 1. The van der Waals surface area contributed by atoms with Crippen molar-refractivity contribution in [3.8, 4) is 0 Å². The molecule has 1 unspecified atom stereocenters. The molecule has 1 rings (SSSR count). The lowest BCUT2D eigenvalue weighted by molar-refractivity contribution is -0.117. The molecule has 2 nitrogen and oxygen atoms in total. The summed E-state index contributed by atoms with van der Waals surface area (Å²) in [5.74, 6) is 0.607. The number of carbonyl (C=O) groups excluding carboxylic acids is 1. The van der Waals surface area contributed by atoms with Crippen LogP contribution in [-0.2, 0) is 4.79 Å². The largest absolute Gasteiger partial charge is 0.355 e. The van der Waals surface area contributed by atoms with Crippen LogP contribution in [0.2, 0.25) is 0 Å². The molecular weight excluding hydrogens is 162 g/mol. The highest BCUT2D eigenvalue weighted by Crippen LogP contribution is 2.37. The van der Waals surface area contributed by atoms with Crippen LogP contribution in [-0.4, -0.2) is 13.0 Å². The van der Waals surface area contributed by atoms with Gasteiger partial charge in [0.15, 0.2) is 0 Å². The molecule has 0 radical (unpaired) electrons. The molecule has 74 valence electrons. The molecule has 0 aliphatic heterocycles. The Hall–Kier alpha value is -0.790. The van der Waals surface area contributed by atoms with E-state index in [1.165, 1.54) is 6.42 Å². The van der Waals surface area contributed by atoms with Gasteiger partial charge < -0.3 is 5.32 Å². The highest BCUT2D eigenvalue weighted by Gasteiger charge is 2.28. The summed E-state index contributed by atoms with van der Waals surface area (Å²) in [7, 11) is 1.69. The minimum atomic E-state index is 0.0830. The summed E-state index contributed by atoms with van der Waals surface area (Å²) in [6.07, 6.45) is 4.18. The molecule has 1 aliphatic carbocycles. The van der Waals surface area contributed by atoms with Crippen molar-refractivity contribution in [2.45, 2.75) is 33.6 Å². The molecule has 0 aromatic rings. The zero-order chi connectivity index (χ0) is 10.1. The molecule has 0 aromatic carbocycles. The van der Waals surface area contributed by atoms with E-state index in [0.717, 1.165) is 12.0 Å². The van der Waals surface area contributed by atoms with E-state index in [1.54, 1.807) is 7.05 Å². The second-order valence-corrected chi connectivity index (χ2v) is 4.79. The van der Waals surface area contributed by atoms with Crippen molar-refractivity contribution >= 4 is 5.91 Å². The SMILES string of the molecule is CNC(=O)C1=CC(C)CC(C)(C)C1. The van der Waals surface area contributed by atoms with Crippen molar-refractivity contribution in [1.29, 1.82) is 0 Å². The molecule has 1 atom stereocenters. The Kier molecular flexibility index (Phi) is 2.79.